The van der Waals surface area contributed by atoms with Crippen molar-refractivity contribution in [3.8, 4) is 0 Å². The van der Waals surface area contributed by atoms with Gasteiger partial charge in [-0.15, -0.1) is 0 Å². The van der Waals surface area contributed by atoms with Gasteiger partial charge in [0.05, 0.1) is 21.3 Å². The van der Waals surface area contributed by atoms with E-state index in [4.69, 9.17) is 21.4 Å². The Kier molecular flexibility index (Phi) is 8.13. The van der Waals surface area contributed by atoms with Gasteiger partial charge in [-0.25, -0.2) is 4.42 Å². The Hall–Kier alpha value is -3.83. The lowest BCUT2D eigenvalue weighted by Crippen LogP contribution is -2.24. The fourth-order valence-electron chi connectivity index (χ4n) is 5.52. The minimum Gasteiger partial charge on any atom is -0.507 e. The molecule has 2 aliphatic carbocycles. The van der Waals surface area contributed by atoms with Gasteiger partial charge in [0.1, 0.15) is 17.3 Å². The normalized spacial score (nSPS) is 18.4. The van der Waals surface area contributed by atoms with Crippen LogP contribution in [-0.2, 0) is 15.6 Å². The van der Waals surface area contributed by atoms with Crippen LogP contribution in [0.4, 0.5) is 0 Å². The van der Waals surface area contributed by atoms with Crippen LogP contribution < -0.4 is 0 Å². The Labute approximate surface area is 280 Å². The van der Waals surface area contributed by atoms with Gasteiger partial charge in [0.15, 0.2) is 5.78 Å². The van der Waals surface area contributed by atoms with E-state index in [-0.39, 0.29) is 38.8 Å². The second kappa shape index (κ2) is 11.2. The molecule has 1 aromatic heterocycles. The molecule has 1 aromatic carbocycles. The molecule has 0 fully saturated rings. The van der Waals surface area contributed by atoms with E-state index in [0.717, 1.165) is 45.3 Å². The van der Waals surface area contributed by atoms with Crippen LogP contribution >= 0.6 is 12.2 Å². The molecule has 3 aliphatic rings. The Morgan fingerprint density at radius 2 is 1.22 bits per heavy atom. The zero-order valence-corrected chi connectivity index (χ0v) is 30.2. The summed E-state index contributed by atoms with van der Waals surface area (Å²) in [5.41, 5.74) is 4.47. The number of carbonyl (C=O) groups is 1. The number of ether oxygens (including phenoxy) is 1. The Bertz CT molecular complexity index is 1800. The summed E-state index contributed by atoms with van der Waals surface area (Å²) < 4.78 is 12.8. The molecule has 1 N–H and O–H groups in total. The number of allylic oxidation sites excluding steroid dienone is 10. The van der Waals surface area contributed by atoms with Crippen molar-refractivity contribution in [1.29, 1.82) is 0 Å². The van der Waals surface area contributed by atoms with Gasteiger partial charge in [0, 0.05) is 50.8 Å². The average Bonchev–Trinajstić information content (AvgIpc) is 3.19. The summed E-state index contributed by atoms with van der Waals surface area (Å²) in [6, 6.07) is 11.3. The van der Waals surface area contributed by atoms with E-state index in [9.17, 15) is 9.90 Å². The van der Waals surface area contributed by atoms with Crippen LogP contribution in [0.5, 0.6) is 0 Å². The van der Waals surface area contributed by atoms with E-state index in [2.05, 4.69) is 83.1 Å². The molecular formula is C41H47O4S+. The molecule has 4 nitrogen and oxygen atoms in total. The number of thiocarbonyl (C=S) groups is 1. The van der Waals surface area contributed by atoms with E-state index in [1.165, 1.54) is 0 Å². The highest BCUT2D eigenvalue weighted by Gasteiger charge is 2.41. The van der Waals surface area contributed by atoms with Crippen LogP contribution in [-0.4, -0.2) is 15.8 Å². The van der Waals surface area contributed by atoms with Gasteiger partial charge in [0.25, 0.3) is 0 Å². The van der Waals surface area contributed by atoms with Gasteiger partial charge < -0.3 is 9.84 Å². The summed E-state index contributed by atoms with van der Waals surface area (Å²) in [5.74, 6) is 3.22. The van der Waals surface area contributed by atoms with E-state index < -0.39 is 0 Å². The lowest BCUT2D eigenvalue weighted by molar-refractivity contribution is 0.104. The lowest BCUT2D eigenvalue weighted by atomic mass is 9.75. The minimum absolute atomic E-state index is 0.0162. The number of hydrogen-bond acceptors (Lipinski definition) is 4. The first-order valence-corrected chi connectivity index (χ1v) is 16.4. The van der Waals surface area contributed by atoms with Gasteiger partial charge in [-0.1, -0.05) is 78.0 Å². The lowest BCUT2D eigenvalue weighted by Gasteiger charge is -2.33. The first-order valence-electron chi connectivity index (χ1n) is 16.0. The van der Waals surface area contributed by atoms with Crippen LogP contribution in [0.1, 0.15) is 116 Å². The molecule has 0 unspecified atom stereocenters. The van der Waals surface area contributed by atoms with E-state index in [1.54, 1.807) is 12.1 Å². The maximum absolute atomic E-state index is 13.9. The summed E-state index contributed by atoms with van der Waals surface area (Å²) >= 11 is 6.11. The highest BCUT2D eigenvalue weighted by atomic mass is 32.1. The third-order valence-corrected chi connectivity index (χ3v) is 8.82. The molecule has 0 radical (unpaired) electrons. The largest absolute Gasteiger partial charge is 0.507 e. The second-order valence-electron chi connectivity index (χ2n) is 16.7. The number of ketones is 1. The number of rotatable bonds is 3. The molecule has 2 heterocycles. The van der Waals surface area contributed by atoms with Gasteiger partial charge in [-0.3, -0.25) is 4.79 Å². The van der Waals surface area contributed by atoms with Gasteiger partial charge in [0.2, 0.25) is 0 Å². The zero-order chi connectivity index (χ0) is 34.1. The van der Waals surface area contributed by atoms with Crippen molar-refractivity contribution in [3.63, 3.8) is 0 Å². The van der Waals surface area contributed by atoms with Crippen LogP contribution in [0, 0.1) is 10.8 Å². The number of benzene rings is 1. The number of aliphatic hydroxyl groups excluding tert-OH is 1. The first kappa shape index (κ1) is 33.5. The SMILES string of the molecule is CC(C)(C)C1=CC(=CC2=C(C3=C(O)c4ccccc4C3=O)/C(=C/c3cc(C(C)(C)C)[o+]c(C(C)(C)C)c3)C2=S)C=C(C(C)(C)C)O1. The number of fused-ring (bicyclic) bond motifs is 1. The van der Waals surface area contributed by atoms with E-state index >= 15 is 0 Å². The van der Waals surface area contributed by atoms with Crippen molar-refractivity contribution in [2.24, 2.45) is 10.8 Å². The molecule has 0 bridgehead atoms. The van der Waals surface area contributed by atoms with E-state index in [0.29, 0.717) is 21.6 Å². The first-order chi connectivity index (χ1) is 21.1. The number of hydrogen-bond donors (Lipinski definition) is 1. The highest BCUT2D eigenvalue weighted by Crippen LogP contribution is 2.47. The summed E-state index contributed by atoms with van der Waals surface area (Å²) in [7, 11) is 0. The standard InChI is InChI=1S/C41H46O4S/c1-38(2,3)29-19-23(20-30(44-29)39(4,5)6)17-27-33(34-35(42)25-15-13-14-16-26(25)36(34)43)28(37(27)46)18-24-21-31(40(7,8)9)45-32(22-24)41(10,11)12/h13-22H,1-12H3/p+1. The summed E-state index contributed by atoms with van der Waals surface area (Å²) in [6.07, 6.45) is 8.17. The molecule has 240 valence electrons. The van der Waals surface area contributed by atoms with Crippen molar-refractivity contribution in [2.45, 2.75) is 93.9 Å². The third-order valence-electron chi connectivity index (χ3n) is 8.38. The molecule has 0 saturated heterocycles. The fraction of sp³-hybridized carbons (Fsp3) is 0.390. The summed E-state index contributed by atoms with van der Waals surface area (Å²) in [5, 5.41) is 11.5. The topological polar surface area (TPSA) is 57.8 Å². The average molecular weight is 636 g/mol. The van der Waals surface area contributed by atoms with Crippen molar-refractivity contribution in [2.75, 3.05) is 0 Å². The third kappa shape index (κ3) is 6.27. The Balaban J connectivity index is 1.77. The molecule has 5 rings (SSSR count). The quantitative estimate of drug-likeness (QED) is 0.207. The molecule has 0 amide bonds. The molecule has 0 atom stereocenters. The highest BCUT2D eigenvalue weighted by molar-refractivity contribution is 7.81. The fourth-order valence-corrected chi connectivity index (χ4v) is 5.84. The Morgan fingerprint density at radius 3 is 1.67 bits per heavy atom. The smallest absolute Gasteiger partial charge is 0.335 e. The van der Waals surface area contributed by atoms with Crippen molar-refractivity contribution in [1.82, 2.24) is 0 Å². The molecule has 2 aromatic rings. The predicted molar refractivity (Wildman–Crippen MR) is 193 cm³/mol. The molecular weight excluding hydrogens is 589 g/mol. The maximum atomic E-state index is 13.9. The van der Waals surface area contributed by atoms with Crippen LogP contribution in [0.15, 0.2) is 98.4 Å². The zero-order valence-electron chi connectivity index (χ0n) is 29.4. The van der Waals surface area contributed by atoms with Gasteiger partial charge in [-0.05, 0) is 77.0 Å². The summed E-state index contributed by atoms with van der Waals surface area (Å²) in [6.45, 7) is 25.5. The number of carbonyl (C=O) groups excluding carboxylic acids is 1. The molecule has 1 aliphatic heterocycles. The summed E-state index contributed by atoms with van der Waals surface area (Å²) in [4.78, 5) is 14.6. The molecule has 0 saturated carbocycles. The van der Waals surface area contributed by atoms with Crippen molar-refractivity contribution in [3.05, 3.63) is 122 Å². The van der Waals surface area contributed by atoms with Crippen LogP contribution in [0.3, 0.4) is 0 Å². The predicted octanol–water partition coefficient (Wildman–Crippen LogP) is 11.2. The van der Waals surface area contributed by atoms with Crippen molar-refractivity contribution >= 4 is 34.7 Å². The molecule has 46 heavy (non-hydrogen) atoms. The van der Waals surface area contributed by atoms with Crippen LogP contribution in [0.25, 0.3) is 11.8 Å². The molecule has 0 spiro atoms. The number of Topliss-reactive ketones (excluding diaryl/α,β-unsaturated/α-hetero) is 1. The van der Waals surface area contributed by atoms with Gasteiger partial charge >= 0.3 is 11.5 Å². The number of aliphatic hydroxyl groups is 1. The monoisotopic (exact) mass is 635 g/mol. The second-order valence-corrected chi connectivity index (χ2v) is 17.1. The minimum atomic E-state index is -0.218. The Morgan fingerprint density at radius 1 is 0.717 bits per heavy atom. The van der Waals surface area contributed by atoms with E-state index in [1.807, 2.05) is 48.6 Å². The molecule has 5 heteroatoms. The van der Waals surface area contributed by atoms with Crippen LogP contribution in [0.2, 0.25) is 0 Å². The van der Waals surface area contributed by atoms with Crippen molar-refractivity contribution < 1.29 is 19.1 Å². The maximum Gasteiger partial charge on any atom is 0.335 e. The van der Waals surface area contributed by atoms with Gasteiger partial charge in [-0.2, -0.15) is 0 Å².